The number of hydrogen-bond donors (Lipinski definition) is 3. The van der Waals surface area contributed by atoms with Gasteiger partial charge in [-0.3, -0.25) is 15.2 Å². The highest BCUT2D eigenvalue weighted by Crippen LogP contribution is 2.29. The average Bonchev–Trinajstić information content (AvgIpc) is 2.62. The number of nitrogens with one attached hydrogen (secondary N) is 2. The van der Waals surface area contributed by atoms with Crippen molar-refractivity contribution >= 4 is 34.5 Å². The summed E-state index contributed by atoms with van der Waals surface area (Å²) in [6.07, 6.45) is -3.61. The van der Waals surface area contributed by atoms with Crippen LogP contribution in [-0.2, 0) is 11.0 Å². The van der Waals surface area contributed by atoms with Crippen molar-refractivity contribution in [1.82, 2.24) is 10.4 Å². The van der Waals surface area contributed by atoms with Crippen LogP contribution in [0.3, 0.4) is 0 Å². The molecule has 0 saturated heterocycles. The number of hydrazine groups is 1. The zero-order valence-electron chi connectivity index (χ0n) is 13.9. The maximum atomic E-state index is 12.9. The Morgan fingerprint density at radius 3 is 2.43 bits per heavy atom. The first kappa shape index (κ1) is 19.5. The third kappa shape index (κ3) is 4.19. The van der Waals surface area contributed by atoms with E-state index in [0.29, 0.717) is 5.69 Å². The normalized spacial score (nSPS) is 14.7. The molecule has 0 atom stereocenters. The molecule has 6 nitrogen and oxygen atoms in total. The van der Waals surface area contributed by atoms with E-state index in [9.17, 15) is 27.5 Å². The first-order valence-corrected chi connectivity index (χ1v) is 8.17. The Labute approximate surface area is 161 Å². The van der Waals surface area contributed by atoms with Crippen molar-refractivity contribution in [3.8, 4) is 0 Å². The molecule has 3 N–H and O–H groups in total. The number of rotatable bonds is 3. The number of carbonyl (C=O) groups excluding carboxylic acids is 1. The minimum Gasteiger partial charge on any atom is -0.509 e. The van der Waals surface area contributed by atoms with Gasteiger partial charge in [0.2, 0.25) is 0 Å². The van der Waals surface area contributed by atoms with E-state index in [0.717, 1.165) is 30.5 Å². The van der Waals surface area contributed by atoms with Crippen LogP contribution in [0.25, 0.3) is 0 Å². The fourth-order valence-corrected chi connectivity index (χ4v) is 2.73. The van der Waals surface area contributed by atoms with Crippen LogP contribution in [0.5, 0.6) is 0 Å². The summed E-state index contributed by atoms with van der Waals surface area (Å²) < 4.78 is 50.7. The molecule has 1 aromatic carbocycles. The average molecular weight is 412 g/mol. The SMILES string of the molecule is O=C(Nc1ccc(F)cc1)C1=C(O)CN(c2ccc(C(F)(F)F)nc2)NC1=S. The Balaban J connectivity index is 1.76. The molecule has 0 fully saturated rings. The number of halogens is 4. The van der Waals surface area contributed by atoms with Crippen LogP contribution in [0.15, 0.2) is 53.9 Å². The largest absolute Gasteiger partial charge is 0.509 e. The molecular formula is C17H12F4N4O2S. The minimum atomic E-state index is -4.57. The zero-order chi connectivity index (χ0) is 20.5. The molecule has 1 aliphatic heterocycles. The number of aliphatic hydroxyl groups is 1. The monoisotopic (exact) mass is 412 g/mol. The predicted molar refractivity (Wildman–Crippen MR) is 97.0 cm³/mol. The van der Waals surface area contributed by atoms with Crippen LogP contribution in [0.2, 0.25) is 0 Å². The van der Waals surface area contributed by atoms with Gasteiger partial charge in [0.1, 0.15) is 27.8 Å². The number of benzene rings is 1. The topological polar surface area (TPSA) is 77.5 Å². The van der Waals surface area contributed by atoms with Crippen molar-refractivity contribution in [2.24, 2.45) is 0 Å². The molecular weight excluding hydrogens is 400 g/mol. The Hall–Kier alpha value is -3.21. The molecule has 2 heterocycles. The van der Waals surface area contributed by atoms with Gasteiger partial charge in [0, 0.05) is 5.69 Å². The highest BCUT2D eigenvalue weighted by atomic mass is 32.1. The van der Waals surface area contributed by atoms with Crippen LogP contribution in [-0.4, -0.2) is 27.5 Å². The molecule has 1 amide bonds. The molecule has 0 spiro atoms. The number of hydrogen-bond acceptors (Lipinski definition) is 5. The lowest BCUT2D eigenvalue weighted by Crippen LogP contribution is -2.49. The van der Waals surface area contributed by atoms with E-state index >= 15 is 0 Å². The van der Waals surface area contributed by atoms with E-state index < -0.39 is 23.6 Å². The Bertz CT molecular complexity index is 943. The van der Waals surface area contributed by atoms with E-state index in [1.807, 2.05) is 0 Å². The molecule has 1 aliphatic rings. The van der Waals surface area contributed by atoms with E-state index in [1.54, 1.807) is 0 Å². The molecule has 3 rings (SSSR count). The first-order chi connectivity index (χ1) is 13.1. The van der Waals surface area contributed by atoms with Crippen molar-refractivity contribution in [3.05, 3.63) is 65.4 Å². The molecule has 2 aromatic rings. The van der Waals surface area contributed by atoms with Gasteiger partial charge in [-0.1, -0.05) is 12.2 Å². The summed E-state index contributed by atoms with van der Waals surface area (Å²) in [5.41, 5.74) is 1.90. The molecule has 0 unspecified atom stereocenters. The van der Waals surface area contributed by atoms with E-state index in [2.05, 4.69) is 15.7 Å². The molecule has 0 saturated carbocycles. The third-order valence-corrected chi connectivity index (χ3v) is 4.03. The summed E-state index contributed by atoms with van der Waals surface area (Å²) in [6, 6.07) is 6.93. The predicted octanol–water partition coefficient (Wildman–Crippen LogP) is 3.34. The summed E-state index contributed by atoms with van der Waals surface area (Å²) >= 11 is 5.09. The number of alkyl halides is 3. The van der Waals surface area contributed by atoms with Gasteiger partial charge in [0.25, 0.3) is 5.91 Å². The van der Waals surface area contributed by atoms with Crippen molar-refractivity contribution in [2.75, 3.05) is 16.9 Å². The lowest BCUT2D eigenvalue weighted by atomic mass is 10.1. The number of anilines is 2. The van der Waals surface area contributed by atoms with Gasteiger partial charge in [-0.2, -0.15) is 13.2 Å². The van der Waals surface area contributed by atoms with E-state index in [4.69, 9.17) is 12.2 Å². The smallest absolute Gasteiger partial charge is 0.433 e. The highest BCUT2D eigenvalue weighted by Gasteiger charge is 2.33. The van der Waals surface area contributed by atoms with Gasteiger partial charge < -0.3 is 10.4 Å². The van der Waals surface area contributed by atoms with Crippen LogP contribution in [0.1, 0.15) is 5.69 Å². The quantitative estimate of drug-likeness (QED) is 0.530. The van der Waals surface area contributed by atoms with Gasteiger partial charge in [-0.05, 0) is 36.4 Å². The molecule has 28 heavy (non-hydrogen) atoms. The number of aromatic nitrogens is 1. The van der Waals surface area contributed by atoms with Crippen LogP contribution in [0.4, 0.5) is 28.9 Å². The summed E-state index contributed by atoms with van der Waals surface area (Å²) in [4.78, 5) is 15.6. The molecule has 1 aromatic heterocycles. The Morgan fingerprint density at radius 2 is 1.89 bits per heavy atom. The van der Waals surface area contributed by atoms with Gasteiger partial charge in [0.15, 0.2) is 0 Å². The van der Waals surface area contributed by atoms with E-state index in [1.165, 1.54) is 17.1 Å². The van der Waals surface area contributed by atoms with E-state index in [-0.39, 0.29) is 28.6 Å². The summed E-state index contributed by atoms with van der Waals surface area (Å²) in [6.45, 7) is -0.237. The van der Waals surface area contributed by atoms with Crippen molar-refractivity contribution < 1.29 is 27.5 Å². The second-order valence-electron chi connectivity index (χ2n) is 5.71. The maximum Gasteiger partial charge on any atom is 0.433 e. The molecule has 146 valence electrons. The standard InChI is InChI=1S/C17H12F4N4O2S/c18-9-1-3-10(4-2-9)23-15(27)14-12(26)8-25(24-16(14)28)11-5-6-13(22-7-11)17(19,20)21/h1-7,26H,8H2,(H,23,27)(H,24,28). The lowest BCUT2D eigenvalue weighted by molar-refractivity contribution is -0.141. The fraction of sp³-hybridized carbons (Fsp3) is 0.118. The number of nitrogens with zero attached hydrogens (tertiary/aromatic N) is 2. The van der Waals surface area contributed by atoms with Crippen molar-refractivity contribution in [2.45, 2.75) is 6.18 Å². The van der Waals surface area contributed by atoms with Crippen LogP contribution >= 0.6 is 12.2 Å². The van der Waals surface area contributed by atoms with Crippen LogP contribution in [0, 0.1) is 5.82 Å². The summed E-state index contributed by atoms with van der Waals surface area (Å²) in [7, 11) is 0. The first-order valence-electron chi connectivity index (χ1n) is 7.76. The molecule has 0 aliphatic carbocycles. The highest BCUT2D eigenvalue weighted by molar-refractivity contribution is 7.80. The van der Waals surface area contributed by atoms with Gasteiger partial charge in [0.05, 0.1) is 18.4 Å². The molecule has 11 heteroatoms. The lowest BCUT2D eigenvalue weighted by Gasteiger charge is -2.31. The number of thiocarbonyl (C=S) groups is 1. The number of amides is 1. The van der Waals surface area contributed by atoms with Crippen LogP contribution < -0.4 is 15.8 Å². The Kier molecular flexibility index (Phi) is 5.18. The van der Waals surface area contributed by atoms with Crippen molar-refractivity contribution in [3.63, 3.8) is 0 Å². The van der Waals surface area contributed by atoms with Gasteiger partial charge in [-0.15, -0.1) is 0 Å². The van der Waals surface area contributed by atoms with Crippen molar-refractivity contribution in [1.29, 1.82) is 0 Å². The second-order valence-corrected chi connectivity index (χ2v) is 6.12. The third-order valence-electron chi connectivity index (χ3n) is 3.74. The number of aliphatic hydroxyl groups excluding tert-OH is 1. The Morgan fingerprint density at radius 1 is 1.21 bits per heavy atom. The maximum absolute atomic E-state index is 12.9. The minimum absolute atomic E-state index is 0.136. The number of pyridine rings is 1. The molecule has 0 radical (unpaired) electrons. The molecule has 0 bridgehead atoms. The fourth-order valence-electron chi connectivity index (χ4n) is 2.41. The zero-order valence-corrected chi connectivity index (χ0v) is 14.7. The summed E-state index contributed by atoms with van der Waals surface area (Å²) in [5, 5.41) is 14.0. The van der Waals surface area contributed by atoms with Gasteiger partial charge in [-0.25, -0.2) is 9.37 Å². The summed E-state index contributed by atoms with van der Waals surface area (Å²) in [5.74, 6) is -1.58. The van der Waals surface area contributed by atoms with Gasteiger partial charge >= 0.3 is 6.18 Å². The number of carbonyl (C=O) groups is 1. The second kappa shape index (κ2) is 7.43.